The van der Waals surface area contributed by atoms with Crippen molar-refractivity contribution in [2.75, 3.05) is 11.1 Å². The van der Waals surface area contributed by atoms with Crippen molar-refractivity contribution in [2.24, 2.45) is 10.8 Å². The van der Waals surface area contributed by atoms with Crippen LogP contribution in [0, 0.1) is 17.8 Å². The first-order valence-electron chi connectivity index (χ1n) is 6.53. The number of hydrogen-bond acceptors (Lipinski definition) is 5. The highest BCUT2D eigenvalue weighted by molar-refractivity contribution is 7.18. The number of rotatable bonds is 2. The molecule has 0 unspecified atom stereocenters. The van der Waals surface area contributed by atoms with E-state index in [9.17, 15) is 0 Å². The standard InChI is InChI=1S/C14H20N4S/c1-7-6-8-9(17-12(15)18-10(8)19-7)16-11-13(2,3)14(11,4)5/h6,11H,1-5H3,(H3,15,16,17,18). The Kier molecular flexibility index (Phi) is 2.40. The van der Waals surface area contributed by atoms with Crippen LogP contribution in [-0.2, 0) is 0 Å². The highest BCUT2D eigenvalue weighted by atomic mass is 32.1. The first kappa shape index (κ1) is 12.7. The van der Waals surface area contributed by atoms with Crippen LogP contribution in [0.4, 0.5) is 11.8 Å². The van der Waals surface area contributed by atoms with Crippen molar-refractivity contribution in [1.82, 2.24) is 9.97 Å². The van der Waals surface area contributed by atoms with E-state index in [1.54, 1.807) is 11.3 Å². The molecule has 102 valence electrons. The Morgan fingerprint density at radius 2 is 1.84 bits per heavy atom. The van der Waals surface area contributed by atoms with E-state index in [0.29, 0.717) is 12.0 Å². The van der Waals surface area contributed by atoms with Crippen LogP contribution in [-0.4, -0.2) is 16.0 Å². The maximum Gasteiger partial charge on any atom is 0.223 e. The van der Waals surface area contributed by atoms with Gasteiger partial charge in [-0.3, -0.25) is 0 Å². The van der Waals surface area contributed by atoms with E-state index in [1.807, 2.05) is 0 Å². The number of aromatic nitrogens is 2. The van der Waals surface area contributed by atoms with Crippen molar-refractivity contribution >= 4 is 33.3 Å². The Balaban J connectivity index is 2.02. The van der Waals surface area contributed by atoms with Gasteiger partial charge in [0.2, 0.25) is 5.95 Å². The molecule has 5 heteroatoms. The Morgan fingerprint density at radius 1 is 1.21 bits per heavy atom. The maximum absolute atomic E-state index is 5.81. The molecule has 19 heavy (non-hydrogen) atoms. The average molecular weight is 276 g/mol. The molecule has 3 N–H and O–H groups in total. The van der Waals surface area contributed by atoms with Crippen LogP contribution in [0.1, 0.15) is 32.6 Å². The molecule has 0 atom stereocenters. The van der Waals surface area contributed by atoms with E-state index in [0.717, 1.165) is 16.0 Å². The van der Waals surface area contributed by atoms with E-state index in [1.165, 1.54) is 4.88 Å². The minimum atomic E-state index is 0.268. The summed E-state index contributed by atoms with van der Waals surface area (Å²) in [5, 5.41) is 4.65. The number of thiophene rings is 1. The molecule has 0 bridgehead atoms. The summed E-state index contributed by atoms with van der Waals surface area (Å²) in [6.07, 6.45) is 0. The topological polar surface area (TPSA) is 63.8 Å². The molecule has 0 radical (unpaired) electrons. The number of nitrogens with zero attached hydrogens (tertiary/aromatic N) is 2. The van der Waals surface area contributed by atoms with Crippen LogP contribution in [0.15, 0.2) is 6.07 Å². The lowest BCUT2D eigenvalue weighted by Gasteiger charge is -2.09. The lowest BCUT2D eigenvalue weighted by atomic mass is 10.0. The molecule has 0 spiro atoms. The Labute approximate surface area is 117 Å². The second-order valence-electron chi connectivity index (χ2n) is 6.53. The van der Waals surface area contributed by atoms with Gasteiger partial charge < -0.3 is 11.1 Å². The molecule has 1 aliphatic rings. The van der Waals surface area contributed by atoms with Crippen LogP contribution in [0.2, 0.25) is 0 Å². The van der Waals surface area contributed by atoms with Crippen LogP contribution in [0.25, 0.3) is 10.2 Å². The molecular weight excluding hydrogens is 256 g/mol. The Morgan fingerprint density at radius 3 is 2.42 bits per heavy atom. The van der Waals surface area contributed by atoms with Gasteiger partial charge in [-0.15, -0.1) is 11.3 Å². The quantitative estimate of drug-likeness (QED) is 0.882. The third kappa shape index (κ3) is 1.71. The van der Waals surface area contributed by atoms with Crippen molar-refractivity contribution in [1.29, 1.82) is 0 Å². The molecule has 1 aliphatic carbocycles. The van der Waals surface area contributed by atoms with Gasteiger partial charge in [-0.1, -0.05) is 27.7 Å². The molecule has 2 aromatic heterocycles. The number of fused-ring (bicyclic) bond motifs is 1. The largest absolute Gasteiger partial charge is 0.368 e. The second kappa shape index (κ2) is 3.60. The molecular formula is C14H20N4S. The monoisotopic (exact) mass is 276 g/mol. The number of nitrogens with one attached hydrogen (secondary N) is 1. The molecule has 2 heterocycles. The van der Waals surface area contributed by atoms with Gasteiger partial charge in [0.05, 0.1) is 5.39 Å². The summed E-state index contributed by atoms with van der Waals surface area (Å²) in [4.78, 5) is 10.9. The summed E-state index contributed by atoms with van der Waals surface area (Å²) < 4.78 is 0. The van der Waals surface area contributed by atoms with Gasteiger partial charge in [0.25, 0.3) is 0 Å². The van der Waals surface area contributed by atoms with E-state index in [2.05, 4.69) is 56.0 Å². The maximum atomic E-state index is 5.81. The van der Waals surface area contributed by atoms with Crippen LogP contribution < -0.4 is 11.1 Å². The van der Waals surface area contributed by atoms with Gasteiger partial charge in [-0.05, 0) is 23.8 Å². The lowest BCUT2D eigenvalue weighted by molar-refractivity contribution is 0.457. The van der Waals surface area contributed by atoms with E-state index >= 15 is 0 Å². The molecule has 0 saturated heterocycles. The first-order valence-corrected chi connectivity index (χ1v) is 7.35. The minimum Gasteiger partial charge on any atom is -0.368 e. The fourth-order valence-electron chi connectivity index (χ4n) is 2.86. The molecule has 0 aromatic carbocycles. The molecule has 3 rings (SSSR count). The third-order valence-corrected chi connectivity index (χ3v) is 5.78. The SMILES string of the molecule is Cc1cc2c(NC3C(C)(C)C3(C)C)nc(N)nc2s1. The summed E-state index contributed by atoms with van der Waals surface area (Å²) in [5.41, 5.74) is 6.35. The molecule has 0 aliphatic heterocycles. The number of anilines is 2. The Hall–Kier alpha value is -1.36. The fraction of sp³-hybridized carbons (Fsp3) is 0.571. The number of nitrogen functional groups attached to an aromatic ring is 1. The minimum absolute atomic E-state index is 0.268. The molecule has 4 nitrogen and oxygen atoms in total. The van der Waals surface area contributed by atoms with Crippen molar-refractivity contribution in [3.8, 4) is 0 Å². The van der Waals surface area contributed by atoms with Gasteiger partial charge in [-0.25, -0.2) is 4.98 Å². The van der Waals surface area contributed by atoms with Crippen LogP contribution >= 0.6 is 11.3 Å². The Bertz CT molecular complexity index is 643. The summed E-state index contributed by atoms with van der Waals surface area (Å²) in [6, 6.07) is 2.54. The summed E-state index contributed by atoms with van der Waals surface area (Å²) >= 11 is 1.66. The predicted octanol–water partition coefficient (Wildman–Crippen LogP) is 3.43. The van der Waals surface area contributed by atoms with Crippen molar-refractivity contribution < 1.29 is 0 Å². The number of aryl methyl sites for hydroxylation is 1. The zero-order chi connectivity index (χ0) is 14.0. The van der Waals surface area contributed by atoms with E-state index in [-0.39, 0.29) is 10.8 Å². The lowest BCUT2D eigenvalue weighted by Crippen LogP contribution is -2.12. The van der Waals surface area contributed by atoms with Crippen molar-refractivity contribution in [3.63, 3.8) is 0 Å². The zero-order valence-corrected chi connectivity index (χ0v) is 12.9. The summed E-state index contributed by atoms with van der Waals surface area (Å²) in [5.74, 6) is 1.21. The highest BCUT2D eigenvalue weighted by Crippen LogP contribution is 2.63. The second-order valence-corrected chi connectivity index (χ2v) is 7.76. The molecule has 1 fully saturated rings. The fourth-order valence-corrected chi connectivity index (χ4v) is 3.75. The van der Waals surface area contributed by atoms with E-state index in [4.69, 9.17) is 5.73 Å². The van der Waals surface area contributed by atoms with E-state index < -0.39 is 0 Å². The van der Waals surface area contributed by atoms with Crippen LogP contribution in [0.5, 0.6) is 0 Å². The van der Waals surface area contributed by atoms with Crippen LogP contribution in [0.3, 0.4) is 0 Å². The first-order chi connectivity index (χ1) is 8.73. The van der Waals surface area contributed by atoms with Crippen molar-refractivity contribution in [3.05, 3.63) is 10.9 Å². The third-order valence-electron chi connectivity index (χ3n) is 4.84. The van der Waals surface area contributed by atoms with Gasteiger partial charge in [0.15, 0.2) is 0 Å². The summed E-state index contributed by atoms with van der Waals surface area (Å²) in [6.45, 7) is 11.2. The zero-order valence-electron chi connectivity index (χ0n) is 12.0. The van der Waals surface area contributed by atoms with Gasteiger partial charge in [0.1, 0.15) is 10.6 Å². The van der Waals surface area contributed by atoms with Gasteiger partial charge >= 0.3 is 0 Å². The van der Waals surface area contributed by atoms with Gasteiger partial charge in [-0.2, -0.15) is 4.98 Å². The normalized spacial score (nSPS) is 20.7. The predicted molar refractivity (Wildman–Crippen MR) is 81.5 cm³/mol. The smallest absolute Gasteiger partial charge is 0.223 e. The molecule has 0 amide bonds. The average Bonchev–Trinajstić information content (AvgIpc) is 2.61. The molecule has 1 saturated carbocycles. The number of nitrogens with two attached hydrogens (primary N) is 1. The summed E-state index contributed by atoms with van der Waals surface area (Å²) in [7, 11) is 0. The highest BCUT2D eigenvalue weighted by Gasteiger charge is 2.65. The number of hydrogen-bond donors (Lipinski definition) is 2. The molecule has 2 aromatic rings. The van der Waals surface area contributed by atoms with Crippen molar-refractivity contribution in [2.45, 2.75) is 40.7 Å². The van der Waals surface area contributed by atoms with Gasteiger partial charge in [0, 0.05) is 10.9 Å².